The van der Waals surface area contributed by atoms with Crippen LogP contribution >= 0.6 is 0 Å². The fraction of sp³-hybridized carbons (Fsp3) is 1.00. The van der Waals surface area contributed by atoms with Crippen LogP contribution in [0.3, 0.4) is 0 Å². The van der Waals surface area contributed by atoms with E-state index in [0.717, 1.165) is 6.42 Å². The summed E-state index contributed by atoms with van der Waals surface area (Å²) in [7, 11) is 0. The molecule has 1 saturated heterocycles. The minimum Gasteiger partial charge on any atom is -0.352 e. The summed E-state index contributed by atoms with van der Waals surface area (Å²) in [5.41, 5.74) is 0. The van der Waals surface area contributed by atoms with E-state index in [1.54, 1.807) is 0 Å². The van der Waals surface area contributed by atoms with Crippen molar-refractivity contribution in [3.63, 3.8) is 0 Å². The first kappa shape index (κ1) is 10.0. The van der Waals surface area contributed by atoms with E-state index in [1.807, 2.05) is 0 Å². The second-order valence-electron chi connectivity index (χ2n) is 4.25. The fourth-order valence-corrected chi connectivity index (χ4v) is 1.51. The maximum Gasteiger partial charge on any atom is 0.147 e. The molecule has 2 atom stereocenters. The Morgan fingerprint density at radius 1 is 0.917 bits per heavy atom. The highest BCUT2D eigenvalue weighted by Crippen LogP contribution is 2.23. The summed E-state index contributed by atoms with van der Waals surface area (Å²) in [6.45, 7) is 9.28. The Balaban J connectivity index is 2.40. The molecule has 0 bridgehead atoms. The van der Waals surface area contributed by atoms with Crippen molar-refractivity contribution in [3.8, 4) is 0 Å². The molecule has 1 rings (SSSR count). The molecule has 2 nitrogen and oxygen atoms in total. The predicted molar refractivity (Wildman–Crippen MR) is 48.9 cm³/mol. The van der Waals surface area contributed by atoms with Gasteiger partial charge in [0, 0.05) is 6.42 Å². The maximum atomic E-state index is 5.50. The van der Waals surface area contributed by atoms with Crippen LogP contribution in [0.5, 0.6) is 0 Å². The van der Waals surface area contributed by atoms with Gasteiger partial charge in [-0.15, -0.1) is 0 Å². The fourth-order valence-electron chi connectivity index (χ4n) is 1.51. The van der Waals surface area contributed by atoms with Crippen molar-refractivity contribution in [3.05, 3.63) is 0 Å². The van der Waals surface area contributed by atoms with E-state index in [2.05, 4.69) is 27.7 Å². The molecule has 1 aliphatic rings. The summed E-state index contributed by atoms with van der Waals surface area (Å²) in [4.78, 5) is 0. The Morgan fingerprint density at radius 2 is 1.33 bits per heavy atom. The zero-order chi connectivity index (χ0) is 9.14. The molecular weight excluding hydrogens is 152 g/mol. The molecule has 2 heteroatoms. The standard InChI is InChI=1S/C10H20O2/c1-7(2)9-5-10(8(3)4)12-6-11-9/h7-10H,5-6H2,1-4H3/t9-,10+. The van der Waals surface area contributed by atoms with Crippen LogP contribution in [0.2, 0.25) is 0 Å². The first-order valence-electron chi connectivity index (χ1n) is 4.84. The topological polar surface area (TPSA) is 18.5 Å². The summed E-state index contributed by atoms with van der Waals surface area (Å²) < 4.78 is 11.0. The minimum atomic E-state index is 0.395. The first-order valence-corrected chi connectivity index (χ1v) is 4.84. The van der Waals surface area contributed by atoms with Crippen molar-refractivity contribution in [2.75, 3.05) is 6.79 Å². The Bertz CT molecular complexity index is 118. The second-order valence-corrected chi connectivity index (χ2v) is 4.25. The quantitative estimate of drug-likeness (QED) is 0.637. The van der Waals surface area contributed by atoms with Gasteiger partial charge in [0.25, 0.3) is 0 Å². The molecule has 0 unspecified atom stereocenters. The zero-order valence-corrected chi connectivity index (χ0v) is 8.54. The largest absolute Gasteiger partial charge is 0.352 e. The number of rotatable bonds is 2. The van der Waals surface area contributed by atoms with Gasteiger partial charge in [-0.25, -0.2) is 0 Å². The van der Waals surface area contributed by atoms with Crippen LogP contribution in [-0.4, -0.2) is 19.0 Å². The molecular formula is C10H20O2. The van der Waals surface area contributed by atoms with Gasteiger partial charge in [-0.3, -0.25) is 0 Å². The molecule has 0 N–H and O–H groups in total. The lowest BCUT2D eigenvalue weighted by Gasteiger charge is -2.33. The van der Waals surface area contributed by atoms with Crippen molar-refractivity contribution >= 4 is 0 Å². The molecule has 0 aromatic heterocycles. The van der Waals surface area contributed by atoms with E-state index >= 15 is 0 Å². The zero-order valence-electron chi connectivity index (χ0n) is 8.54. The summed E-state index contributed by atoms with van der Waals surface area (Å²) in [6, 6.07) is 0. The van der Waals surface area contributed by atoms with Gasteiger partial charge in [-0.05, 0) is 11.8 Å². The van der Waals surface area contributed by atoms with E-state index in [4.69, 9.17) is 9.47 Å². The Hall–Kier alpha value is -0.0800. The highest BCUT2D eigenvalue weighted by molar-refractivity contribution is 4.73. The average Bonchev–Trinajstić information content (AvgIpc) is 2.04. The van der Waals surface area contributed by atoms with Crippen LogP contribution in [0.4, 0.5) is 0 Å². The van der Waals surface area contributed by atoms with Gasteiger partial charge in [0.05, 0.1) is 12.2 Å². The lowest BCUT2D eigenvalue weighted by molar-refractivity contribution is -0.195. The van der Waals surface area contributed by atoms with Gasteiger partial charge in [0.2, 0.25) is 0 Å². The molecule has 0 aliphatic carbocycles. The van der Waals surface area contributed by atoms with Crippen LogP contribution in [0.1, 0.15) is 34.1 Å². The molecule has 1 heterocycles. The predicted octanol–water partition coefficient (Wildman–Crippen LogP) is 2.43. The van der Waals surface area contributed by atoms with Crippen molar-refractivity contribution < 1.29 is 9.47 Å². The van der Waals surface area contributed by atoms with Crippen molar-refractivity contribution in [1.29, 1.82) is 0 Å². The van der Waals surface area contributed by atoms with Gasteiger partial charge in [0.1, 0.15) is 6.79 Å². The summed E-state index contributed by atoms with van der Waals surface area (Å²) in [6.07, 6.45) is 1.84. The van der Waals surface area contributed by atoms with Gasteiger partial charge in [0.15, 0.2) is 0 Å². The van der Waals surface area contributed by atoms with Crippen LogP contribution in [-0.2, 0) is 9.47 Å². The van der Waals surface area contributed by atoms with E-state index in [9.17, 15) is 0 Å². The SMILES string of the molecule is CC(C)[C@@H]1C[C@H](C(C)C)OCO1. The Kier molecular flexibility index (Phi) is 3.53. The number of hydrogen-bond donors (Lipinski definition) is 0. The van der Waals surface area contributed by atoms with E-state index < -0.39 is 0 Å². The molecule has 0 spiro atoms. The Labute approximate surface area is 75.2 Å². The normalized spacial score (nSPS) is 31.5. The summed E-state index contributed by atoms with van der Waals surface area (Å²) in [5.74, 6) is 1.21. The lowest BCUT2D eigenvalue weighted by Crippen LogP contribution is -2.37. The molecule has 72 valence electrons. The summed E-state index contributed by atoms with van der Waals surface area (Å²) in [5, 5.41) is 0. The van der Waals surface area contributed by atoms with Crippen molar-refractivity contribution in [2.24, 2.45) is 11.8 Å². The van der Waals surface area contributed by atoms with Gasteiger partial charge < -0.3 is 9.47 Å². The van der Waals surface area contributed by atoms with Crippen LogP contribution < -0.4 is 0 Å². The number of hydrogen-bond acceptors (Lipinski definition) is 2. The minimum absolute atomic E-state index is 0.395. The van der Waals surface area contributed by atoms with E-state index in [1.165, 1.54) is 0 Å². The third-order valence-electron chi connectivity index (χ3n) is 2.52. The average molecular weight is 172 g/mol. The van der Waals surface area contributed by atoms with Gasteiger partial charge in [-0.1, -0.05) is 27.7 Å². The van der Waals surface area contributed by atoms with Crippen LogP contribution in [0.15, 0.2) is 0 Å². The second kappa shape index (κ2) is 4.24. The molecule has 0 aromatic rings. The highest BCUT2D eigenvalue weighted by atomic mass is 16.7. The maximum absolute atomic E-state index is 5.50. The molecule has 0 radical (unpaired) electrons. The first-order chi connectivity index (χ1) is 5.61. The monoisotopic (exact) mass is 172 g/mol. The van der Waals surface area contributed by atoms with E-state index in [0.29, 0.717) is 30.8 Å². The highest BCUT2D eigenvalue weighted by Gasteiger charge is 2.27. The third-order valence-corrected chi connectivity index (χ3v) is 2.52. The lowest BCUT2D eigenvalue weighted by atomic mass is 9.94. The summed E-state index contributed by atoms with van der Waals surface area (Å²) >= 11 is 0. The number of ether oxygens (including phenoxy) is 2. The molecule has 0 amide bonds. The van der Waals surface area contributed by atoms with Gasteiger partial charge in [-0.2, -0.15) is 0 Å². The Morgan fingerprint density at radius 3 is 1.67 bits per heavy atom. The molecule has 1 aliphatic heterocycles. The van der Waals surface area contributed by atoms with E-state index in [-0.39, 0.29) is 0 Å². The smallest absolute Gasteiger partial charge is 0.147 e. The molecule has 0 saturated carbocycles. The molecule has 1 fully saturated rings. The van der Waals surface area contributed by atoms with Gasteiger partial charge >= 0.3 is 0 Å². The van der Waals surface area contributed by atoms with Crippen LogP contribution in [0, 0.1) is 11.8 Å². The molecule has 0 aromatic carbocycles. The molecule has 12 heavy (non-hydrogen) atoms. The third kappa shape index (κ3) is 2.46. The van der Waals surface area contributed by atoms with Crippen LogP contribution in [0.25, 0.3) is 0 Å². The van der Waals surface area contributed by atoms with Crippen molar-refractivity contribution in [2.45, 2.75) is 46.3 Å². The van der Waals surface area contributed by atoms with Crippen molar-refractivity contribution in [1.82, 2.24) is 0 Å².